The number of carbonyl (C=O) groups is 2. The van der Waals surface area contributed by atoms with Gasteiger partial charge < -0.3 is 10.4 Å². The Bertz CT molecular complexity index is 840. The van der Waals surface area contributed by atoms with Gasteiger partial charge in [0.15, 0.2) is 0 Å². The maximum Gasteiger partial charge on any atom is 0.307 e. The van der Waals surface area contributed by atoms with Gasteiger partial charge in [-0.05, 0) is 62.3 Å². The minimum atomic E-state index is -0.846. The molecular formula is C24H32N2O3S. The third-order valence-electron chi connectivity index (χ3n) is 7.52. The largest absolute Gasteiger partial charge is 0.481 e. The van der Waals surface area contributed by atoms with Gasteiger partial charge >= 0.3 is 5.97 Å². The first-order valence-electron chi connectivity index (χ1n) is 11.7. The normalized spacial score (nSPS) is 29.3. The van der Waals surface area contributed by atoms with Crippen molar-refractivity contribution in [2.24, 2.45) is 23.7 Å². The van der Waals surface area contributed by atoms with E-state index in [9.17, 15) is 20.0 Å². The number of carboxylic acids is 1. The van der Waals surface area contributed by atoms with Crippen LogP contribution in [-0.2, 0) is 22.4 Å². The monoisotopic (exact) mass is 428 g/mol. The third kappa shape index (κ3) is 4.27. The standard InChI is InChI=1S/C24H32N2O3S/c25-14-18-17-9-7-5-3-1-2-4-6-8-10-19(17)30-23(18)26-22(27)20-15-11-12-16(13-15)21(20)24(28)29/h15-16,20-21H,1-13H2,(H,26,27)(H,28,29)/t15-,16+,20-,21+/m1/s1. The highest BCUT2D eigenvalue weighted by atomic mass is 32.1. The van der Waals surface area contributed by atoms with Crippen LogP contribution in [0.25, 0.3) is 0 Å². The van der Waals surface area contributed by atoms with Crippen LogP contribution in [0.3, 0.4) is 0 Å². The Morgan fingerprint density at radius 1 is 0.933 bits per heavy atom. The molecule has 4 rings (SSSR count). The molecule has 3 aliphatic carbocycles. The molecule has 0 aromatic carbocycles. The van der Waals surface area contributed by atoms with E-state index in [0.29, 0.717) is 10.6 Å². The Balaban J connectivity index is 1.55. The van der Waals surface area contributed by atoms with Crippen LogP contribution in [0.2, 0.25) is 0 Å². The van der Waals surface area contributed by atoms with Crippen molar-refractivity contribution in [2.75, 3.05) is 5.32 Å². The lowest BCUT2D eigenvalue weighted by molar-refractivity contribution is -0.148. The Labute approximate surface area is 182 Å². The molecule has 2 fully saturated rings. The number of carboxylic acid groups (broad SMARTS) is 1. The predicted molar refractivity (Wildman–Crippen MR) is 117 cm³/mol. The minimum Gasteiger partial charge on any atom is -0.481 e. The molecule has 1 aromatic rings. The van der Waals surface area contributed by atoms with Gasteiger partial charge in [0.25, 0.3) is 0 Å². The fourth-order valence-electron chi connectivity index (χ4n) is 6.05. The second-order valence-corrected chi connectivity index (χ2v) is 10.5. The van der Waals surface area contributed by atoms with E-state index >= 15 is 0 Å². The molecule has 2 N–H and O–H groups in total. The van der Waals surface area contributed by atoms with Crippen LogP contribution in [0.15, 0.2) is 0 Å². The average molecular weight is 429 g/mol. The van der Waals surface area contributed by atoms with E-state index in [4.69, 9.17) is 0 Å². The Morgan fingerprint density at radius 3 is 2.17 bits per heavy atom. The van der Waals surface area contributed by atoms with Crippen LogP contribution in [0.1, 0.15) is 86.6 Å². The SMILES string of the molecule is N#Cc1c(NC(=O)[C@@H]2[C@@H]3CC[C@@H](C3)[C@@H]2C(=O)O)sc2c1CCCCCCCCCC2. The molecule has 1 aromatic heterocycles. The number of nitrogens with zero attached hydrogens (tertiary/aromatic N) is 1. The lowest BCUT2D eigenvalue weighted by atomic mass is 9.79. The van der Waals surface area contributed by atoms with Crippen LogP contribution in [0.5, 0.6) is 0 Å². The predicted octanol–water partition coefficient (Wildman–Crippen LogP) is 5.52. The first-order chi connectivity index (χ1) is 14.6. The molecule has 3 aliphatic rings. The van der Waals surface area contributed by atoms with Gasteiger partial charge in [-0.3, -0.25) is 9.59 Å². The first kappa shape index (κ1) is 21.4. The number of nitrogens with one attached hydrogen (secondary N) is 1. The number of aryl methyl sites for hydroxylation is 1. The molecule has 2 saturated carbocycles. The van der Waals surface area contributed by atoms with Crippen LogP contribution >= 0.6 is 11.3 Å². The molecule has 5 nitrogen and oxygen atoms in total. The van der Waals surface area contributed by atoms with E-state index in [1.54, 1.807) is 11.3 Å². The number of carbonyl (C=O) groups excluding carboxylic acids is 1. The van der Waals surface area contributed by atoms with Crippen LogP contribution in [-0.4, -0.2) is 17.0 Å². The Morgan fingerprint density at radius 2 is 1.53 bits per heavy atom. The summed E-state index contributed by atoms with van der Waals surface area (Å²) in [5, 5.41) is 23.2. The lowest BCUT2D eigenvalue weighted by Crippen LogP contribution is -2.37. The van der Waals surface area contributed by atoms with E-state index < -0.39 is 17.8 Å². The summed E-state index contributed by atoms with van der Waals surface area (Å²) in [4.78, 5) is 26.2. The van der Waals surface area contributed by atoms with Crippen molar-refractivity contribution in [1.82, 2.24) is 0 Å². The van der Waals surface area contributed by atoms with E-state index in [0.717, 1.165) is 50.5 Å². The first-order valence-corrected chi connectivity index (χ1v) is 12.5. The van der Waals surface area contributed by atoms with Crippen molar-refractivity contribution in [2.45, 2.75) is 83.5 Å². The van der Waals surface area contributed by atoms with Crippen molar-refractivity contribution >= 4 is 28.2 Å². The maximum absolute atomic E-state index is 13.2. The molecular weight excluding hydrogens is 396 g/mol. The fourth-order valence-corrected chi connectivity index (χ4v) is 7.29. The molecule has 0 radical (unpaired) electrons. The molecule has 1 heterocycles. The average Bonchev–Trinajstić information content (AvgIpc) is 3.41. The van der Waals surface area contributed by atoms with Crippen molar-refractivity contribution < 1.29 is 14.7 Å². The van der Waals surface area contributed by atoms with Crippen molar-refractivity contribution in [3.63, 3.8) is 0 Å². The van der Waals surface area contributed by atoms with Crippen molar-refractivity contribution in [3.05, 3.63) is 16.0 Å². The topological polar surface area (TPSA) is 90.2 Å². The number of hydrogen-bond acceptors (Lipinski definition) is 4. The molecule has 4 atom stereocenters. The number of rotatable bonds is 3. The van der Waals surface area contributed by atoms with Crippen LogP contribution in [0, 0.1) is 35.0 Å². The number of fused-ring (bicyclic) bond motifs is 3. The number of hydrogen-bond donors (Lipinski definition) is 2. The van der Waals surface area contributed by atoms with E-state index in [2.05, 4.69) is 11.4 Å². The molecule has 2 bridgehead atoms. The molecule has 162 valence electrons. The van der Waals surface area contributed by atoms with Crippen molar-refractivity contribution in [3.8, 4) is 6.07 Å². The highest BCUT2D eigenvalue weighted by molar-refractivity contribution is 7.16. The van der Waals surface area contributed by atoms with Gasteiger partial charge in [-0.15, -0.1) is 11.3 Å². The van der Waals surface area contributed by atoms with Gasteiger partial charge in [-0.25, -0.2) is 0 Å². The fraction of sp³-hybridized carbons (Fsp3) is 0.708. The summed E-state index contributed by atoms with van der Waals surface area (Å²) >= 11 is 1.55. The highest BCUT2D eigenvalue weighted by Gasteiger charge is 2.54. The molecule has 0 aliphatic heterocycles. The number of nitriles is 1. The molecule has 0 spiro atoms. The van der Waals surface area contributed by atoms with E-state index in [-0.39, 0.29) is 17.7 Å². The summed E-state index contributed by atoms with van der Waals surface area (Å²) in [7, 11) is 0. The second-order valence-electron chi connectivity index (χ2n) is 9.36. The lowest BCUT2D eigenvalue weighted by Gasteiger charge is -2.26. The third-order valence-corrected chi connectivity index (χ3v) is 8.73. The van der Waals surface area contributed by atoms with Gasteiger partial charge in [-0.2, -0.15) is 5.26 Å². The Hall–Kier alpha value is -1.87. The zero-order valence-corrected chi connectivity index (χ0v) is 18.4. The zero-order chi connectivity index (χ0) is 21.1. The molecule has 0 unspecified atom stereocenters. The minimum absolute atomic E-state index is 0.127. The summed E-state index contributed by atoms with van der Waals surface area (Å²) < 4.78 is 0. The quantitative estimate of drug-likeness (QED) is 0.663. The number of aliphatic carboxylic acids is 1. The number of anilines is 1. The van der Waals surface area contributed by atoms with E-state index in [1.165, 1.54) is 43.4 Å². The summed E-state index contributed by atoms with van der Waals surface area (Å²) in [5.74, 6) is -1.78. The Kier molecular flexibility index (Phi) is 6.77. The highest BCUT2D eigenvalue weighted by Crippen LogP contribution is 2.53. The number of thiophene rings is 1. The summed E-state index contributed by atoms with van der Waals surface area (Å²) in [6.45, 7) is 0. The summed E-state index contributed by atoms with van der Waals surface area (Å²) in [6.07, 6.45) is 14.3. The smallest absolute Gasteiger partial charge is 0.307 e. The van der Waals surface area contributed by atoms with Gasteiger partial charge in [-0.1, -0.05) is 38.5 Å². The van der Waals surface area contributed by atoms with Gasteiger partial charge in [0.2, 0.25) is 5.91 Å². The summed E-state index contributed by atoms with van der Waals surface area (Å²) in [5.41, 5.74) is 1.75. The van der Waals surface area contributed by atoms with Gasteiger partial charge in [0, 0.05) is 4.88 Å². The zero-order valence-electron chi connectivity index (χ0n) is 17.6. The molecule has 0 saturated heterocycles. The van der Waals surface area contributed by atoms with Crippen LogP contribution < -0.4 is 5.32 Å². The van der Waals surface area contributed by atoms with Gasteiger partial charge in [0.05, 0.1) is 17.4 Å². The second kappa shape index (κ2) is 9.51. The molecule has 1 amide bonds. The van der Waals surface area contributed by atoms with E-state index in [1.807, 2.05) is 0 Å². The van der Waals surface area contributed by atoms with Gasteiger partial charge in [0.1, 0.15) is 11.1 Å². The van der Waals surface area contributed by atoms with Crippen molar-refractivity contribution in [1.29, 1.82) is 5.26 Å². The molecule has 6 heteroatoms. The molecule has 30 heavy (non-hydrogen) atoms. The van der Waals surface area contributed by atoms with Crippen LogP contribution in [0.4, 0.5) is 5.00 Å². The number of amides is 1. The maximum atomic E-state index is 13.2. The summed E-state index contributed by atoms with van der Waals surface area (Å²) in [6, 6.07) is 2.36.